The van der Waals surface area contributed by atoms with E-state index in [4.69, 9.17) is 4.74 Å². The number of rotatable bonds is 7. The van der Waals surface area contributed by atoms with Crippen LogP contribution < -0.4 is 15.4 Å². The summed E-state index contributed by atoms with van der Waals surface area (Å²) < 4.78 is 5.99. The SMILES string of the molecule is CN=C(NCCOc1ccccc1-c1ccccc1)NCc1ccccn1.I. The number of hydrogen-bond donors (Lipinski definition) is 2. The number of halogens is 1. The number of nitrogens with one attached hydrogen (secondary N) is 2. The highest BCUT2D eigenvalue weighted by atomic mass is 127. The van der Waals surface area contributed by atoms with Crippen LogP contribution in [-0.2, 0) is 6.54 Å². The Bertz CT molecular complexity index is 857. The number of ether oxygens (including phenoxy) is 1. The van der Waals surface area contributed by atoms with Gasteiger partial charge in [0.1, 0.15) is 12.4 Å². The predicted octanol–water partition coefficient (Wildman–Crippen LogP) is 4.11. The van der Waals surface area contributed by atoms with Gasteiger partial charge in [0.05, 0.1) is 18.8 Å². The summed E-state index contributed by atoms with van der Waals surface area (Å²) in [6.45, 7) is 1.80. The van der Waals surface area contributed by atoms with Gasteiger partial charge in [-0.05, 0) is 23.8 Å². The molecule has 146 valence electrons. The van der Waals surface area contributed by atoms with Crippen LogP contribution in [0.1, 0.15) is 5.69 Å². The molecule has 0 unspecified atom stereocenters. The summed E-state index contributed by atoms with van der Waals surface area (Å²) in [5.41, 5.74) is 3.21. The molecule has 0 amide bonds. The molecule has 0 radical (unpaired) electrons. The summed E-state index contributed by atoms with van der Waals surface area (Å²) >= 11 is 0. The molecular weight excluding hydrogens is 463 g/mol. The fraction of sp³-hybridized carbons (Fsp3) is 0.182. The highest BCUT2D eigenvalue weighted by Gasteiger charge is 2.05. The monoisotopic (exact) mass is 488 g/mol. The van der Waals surface area contributed by atoms with E-state index in [-0.39, 0.29) is 24.0 Å². The van der Waals surface area contributed by atoms with Crippen molar-refractivity contribution in [3.05, 3.63) is 84.7 Å². The molecule has 6 heteroatoms. The standard InChI is InChI=1S/C22H24N4O.HI/c1-23-22(26-17-19-11-7-8-14-24-19)25-15-16-27-21-13-6-5-12-20(21)18-9-3-2-4-10-18;/h2-14H,15-17H2,1H3,(H2,23,25,26);1H. The minimum atomic E-state index is 0. The summed E-state index contributed by atoms with van der Waals surface area (Å²) in [6.07, 6.45) is 1.78. The summed E-state index contributed by atoms with van der Waals surface area (Å²) in [5.74, 6) is 1.60. The van der Waals surface area contributed by atoms with Gasteiger partial charge in [0, 0.05) is 18.8 Å². The Balaban J connectivity index is 0.00000280. The summed E-state index contributed by atoms with van der Waals surface area (Å²) in [7, 11) is 1.75. The molecule has 0 saturated carbocycles. The largest absolute Gasteiger partial charge is 0.491 e. The van der Waals surface area contributed by atoms with Crippen LogP contribution >= 0.6 is 24.0 Å². The Hall–Kier alpha value is -2.61. The molecular formula is C22H25IN4O. The quantitative estimate of drug-likeness (QED) is 0.228. The average molecular weight is 488 g/mol. The lowest BCUT2D eigenvalue weighted by molar-refractivity contribution is 0.323. The molecule has 0 bridgehead atoms. The van der Waals surface area contributed by atoms with E-state index in [0.29, 0.717) is 19.7 Å². The van der Waals surface area contributed by atoms with Gasteiger partial charge >= 0.3 is 0 Å². The Morgan fingerprint density at radius 1 is 0.929 bits per heavy atom. The van der Waals surface area contributed by atoms with Crippen LogP contribution in [0.2, 0.25) is 0 Å². The van der Waals surface area contributed by atoms with Gasteiger partial charge in [0.25, 0.3) is 0 Å². The molecule has 0 spiro atoms. The Morgan fingerprint density at radius 3 is 2.43 bits per heavy atom. The van der Waals surface area contributed by atoms with Crippen molar-refractivity contribution in [2.75, 3.05) is 20.2 Å². The first-order valence-electron chi connectivity index (χ1n) is 8.98. The van der Waals surface area contributed by atoms with Crippen molar-refractivity contribution < 1.29 is 4.74 Å². The first-order chi connectivity index (χ1) is 13.4. The second-order valence-electron chi connectivity index (χ2n) is 5.88. The lowest BCUT2D eigenvalue weighted by Crippen LogP contribution is -2.39. The third-order valence-electron chi connectivity index (χ3n) is 4.01. The van der Waals surface area contributed by atoms with Gasteiger partial charge in [-0.3, -0.25) is 9.98 Å². The number of aliphatic imine (C=N–C) groups is 1. The first-order valence-corrected chi connectivity index (χ1v) is 8.98. The van der Waals surface area contributed by atoms with Gasteiger partial charge in [0.2, 0.25) is 0 Å². The zero-order chi connectivity index (χ0) is 18.7. The predicted molar refractivity (Wildman–Crippen MR) is 125 cm³/mol. The minimum absolute atomic E-state index is 0. The van der Waals surface area contributed by atoms with Crippen LogP contribution in [0.5, 0.6) is 5.75 Å². The lowest BCUT2D eigenvalue weighted by Gasteiger charge is -2.14. The van der Waals surface area contributed by atoms with E-state index in [2.05, 4.69) is 38.8 Å². The maximum Gasteiger partial charge on any atom is 0.191 e. The maximum absolute atomic E-state index is 5.99. The number of nitrogens with zero attached hydrogens (tertiary/aromatic N) is 2. The van der Waals surface area contributed by atoms with E-state index >= 15 is 0 Å². The molecule has 1 heterocycles. The molecule has 3 rings (SSSR count). The highest BCUT2D eigenvalue weighted by molar-refractivity contribution is 14.0. The number of hydrogen-bond acceptors (Lipinski definition) is 3. The molecule has 2 aromatic carbocycles. The van der Waals surface area contributed by atoms with Crippen molar-refractivity contribution in [1.82, 2.24) is 15.6 Å². The van der Waals surface area contributed by atoms with Gasteiger partial charge < -0.3 is 15.4 Å². The first kappa shape index (κ1) is 21.7. The van der Waals surface area contributed by atoms with Crippen LogP contribution in [0.3, 0.4) is 0 Å². The lowest BCUT2D eigenvalue weighted by atomic mass is 10.1. The molecule has 5 nitrogen and oxygen atoms in total. The maximum atomic E-state index is 5.99. The van der Waals surface area contributed by atoms with Crippen LogP contribution in [0.4, 0.5) is 0 Å². The van der Waals surface area contributed by atoms with Gasteiger partial charge in [-0.25, -0.2) is 0 Å². The van der Waals surface area contributed by atoms with Gasteiger partial charge in [0.15, 0.2) is 5.96 Å². The molecule has 0 fully saturated rings. The van der Waals surface area contributed by atoms with Crippen molar-refractivity contribution in [3.63, 3.8) is 0 Å². The van der Waals surface area contributed by atoms with Crippen molar-refractivity contribution in [2.45, 2.75) is 6.54 Å². The van der Waals surface area contributed by atoms with E-state index < -0.39 is 0 Å². The van der Waals surface area contributed by atoms with Crippen LogP contribution in [0.25, 0.3) is 11.1 Å². The Kier molecular flexibility index (Phi) is 9.27. The molecule has 1 aromatic heterocycles. The second kappa shape index (κ2) is 12.0. The average Bonchev–Trinajstić information content (AvgIpc) is 2.75. The molecule has 2 N–H and O–H groups in total. The Labute approximate surface area is 183 Å². The van der Waals surface area contributed by atoms with Crippen molar-refractivity contribution >= 4 is 29.9 Å². The van der Waals surface area contributed by atoms with E-state index in [0.717, 1.165) is 28.5 Å². The molecule has 3 aromatic rings. The van der Waals surface area contributed by atoms with Crippen molar-refractivity contribution in [1.29, 1.82) is 0 Å². The summed E-state index contributed by atoms with van der Waals surface area (Å²) in [6, 6.07) is 24.2. The fourth-order valence-electron chi connectivity index (χ4n) is 2.68. The second-order valence-corrected chi connectivity index (χ2v) is 5.88. The van der Waals surface area contributed by atoms with E-state index in [9.17, 15) is 0 Å². The van der Waals surface area contributed by atoms with Gasteiger partial charge in [-0.1, -0.05) is 54.6 Å². The molecule has 0 aliphatic rings. The van der Waals surface area contributed by atoms with Crippen LogP contribution in [-0.4, -0.2) is 31.1 Å². The molecule has 0 aliphatic heterocycles. The topological polar surface area (TPSA) is 58.5 Å². The Morgan fingerprint density at radius 2 is 1.68 bits per heavy atom. The van der Waals surface area contributed by atoms with Crippen LogP contribution in [0.15, 0.2) is 84.0 Å². The van der Waals surface area contributed by atoms with Gasteiger partial charge in [-0.2, -0.15) is 0 Å². The number of aromatic nitrogens is 1. The van der Waals surface area contributed by atoms with Crippen LogP contribution in [0, 0.1) is 0 Å². The molecule has 0 atom stereocenters. The fourth-order valence-corrected chi connectivity index (χ4v) is 2.68. The van der Waals surface area contributed by atoms with Gasteiger partial charge in [-0.15, -0.1) is 24.0 Å². The zero-order valence-corrected chi connectivity index (χ0v) is 18.2. The summed E-state index contributed by atoms with van der Waals surface area (Å²) in [4.78, 5) is 8.51. The van der Waals surface area contributed by atoms with E-state index in [1.807, 2.05) is 54.6 Å². The van der Waals surface area contributed by atoms with E-state index in [1.54, 1.807) is 13.2 Å². The number of guanidine groups is 1. The third kappa shape index (κ3) is 6.53. The van der Waals surface area contributed by atoms with E-state index in [1.165, 1.54) is 0 Å². The summed E-state index contributed by atoms with van der Waals surface area (Å²) in [5, 5.41) is 6.50. The number of benzene rings is 2. The normalized spacial score (nSPS) is 10.7. The zero-order valence-electron chi connectivity index (χ0n) is 15.8. The number of para-hydroxylation sites is 1. The molecule has 0 aliphatic carbocycles. The third-order valence-corrected chi connectivity index (χ3v) is 4.01. The van der Waals surface area contributed by atoms with Crippen molar-refractivity contribution in [2.24, 2.45) is 4.99 Å². The van der Waals surface area contributed by atoms with Crippen molar-refractivity contribution in [3.8, 4) is 16.9 Å². The molecule has 28 heavy (non-hydrogen) atoms. The highest BCUT2D eigenvalue weighted by Crippen LogP contribution is 2.29. The molecule has 0 saturated heterocycles. The number of pyridine rings is 1. The smallest absolute Gasteiger partial charge is 0.191 e. The minimum Gasteiger partial charge on any atom is -0.491 e.